The monoisotopic (exact) mass is 329 g/mol. The number of rotatable bonds is 4. The van der Waals surface area contributed by atoms with Crippen LogP contribution in [0.4, 0.5) is 0 Å². The number of hydrogen-bond acceptors (Lipinski definition) is 5. The van der Waals surface area contributed by atoms with E-state index in [1.165, 1.54) is 43.2 Å². The molecule has 0 bridgehead atoms. The fourth-order valence-electron chi connectivity index (χ4n) is 4.30. The Hall–Kier alpha value is -1.33. The zero-order valence-electron chi connectivity index (χ0n) is 13.7. The summed E-state index contributed by atoms with van der Waals surface area (Å²) in [4.78, 5) is 4.41. The Morgan fingerprint density at radius 2 is 2.00 bits per heavy atom. The first-order valence-corrected chi connectivity index (χ1v) is 9.28. The highest BCUT2D eigenvalue weighted by atomic mass is 32.2. The molecule has 0 saturated heterocycles. The van der Waals surface area contributed by atoms with Gasteiger partial charge in [0.1, 0.15) is 10.8 Å². The van der Waals surface area contributed by atoms with Gasteiger partial charge >= 0.3 is 0 Å². The van der Waals surface area contributed by atoms with E-state index in [1.54, 1.807) is 0 Å². The molecule has 4 rings (SSSR count). The van der Waals surface area contributed by atoms with E-state index in [0.717, 1.165) is 16.5 Å². The van der Waals surface area contributed by atoms with Gasteiger partial charge in [0, 0.05) is 30.0 Å². The SMILES string of the molecule is CC1(C)C(c2ccc(SN)nc2)C1c1cc(C2CCCC2)no1. The summed E-state index contributed by atoms with van der Waals surface area (Å²) in [5.74, 6) is 2.48. The second kappa shape index (κ2) is 5.64. The number of pyridine rings is 1. The third kappa shape index (κ3) is 2.60. The average Bonchev–Trinajstić information content (AvgIpc) is 3.04. The molecule has 0 aliphatic heterocycles. The number of hydrogen-bond donors (Lipinski definition) is 1. The summed E-state index contributed by atoms with van der Waals surface area (Å²) >= 11 is 1.18. The summed E-state index contributed by atoms with van der Waals surface area (Å²) < 4.78 is 5.74. The van der Waals surface area contributed by atoms with Gasteiger partial charge in [-0.15, -0.1) is 0 Å². The van der Waals surface area contributed by atoms with Crippen molar-refractivity contribution in [3.63, 3.8) is 0 Å². The van der Waals surface area contributed by atoms with Gasteiger partial charge in [0.05, 0.1) is 5.69 Å². The molecule has 5 heteroatoms. The Balaban J connectivity index is 1.56. The molecule has 2 aromatic heterocycles. The highest BCUT2D eigenvalue weighted by Gasteiger charge is 2.61. The number of nitrogens with zero attached hydrogens (tertiary/aromatic N) is 2. The molecule has 0 spiro atoms. The van der Waals surface area contributed by atoms with Crippen LogP contribution in [0, 0.1) is 5.41 Å². The van der Waals surface area contributed by atoms with Crippen molar-refractivity contribution in [3.05, 3.63) is 41.4 Å². The zero-order chi connectivity index (χ0) is 16.0. The lowest BCUT2D eigenvalue weighted by molar-refractivity contribution is 0.364. The lowest BCUT2D eigenvalue weighted by atomic mass is 10.0. The van der Waals surface area contributed by atoms with Gasteiger partial charge in [-0.1, -0.05) is 37.9 Å². The van der Waals surface area contributed by atoms with E-state index in [1.807, 2.05) is 12.3 Å². The molecule has 2 N–H and O–H groups in total. The van der Waals surface area contributed by atoms with Gasteiger partial charge < -0.3 is 4.52 Å². The Kier molecular flexibility index (Phi) is 3.73. The third-order valence-electron chi connectivity index (χ3n) is 5.69. The first-order valence-electron chi connectivity index (χ1n) is 8.40. The molecule has 2 aromatic rings. The van der Waals surface area contributed by atoms with Crippen molar-refractivity contribution < 1.29 is 4.52 Å². The first-order chi connectivity index (χ1) is 11.1. The van der Waals surface area contributed by atoms with Crippen molar-refractivity contribution in [1.82, 2.24) is 10.1 Å². The van der Waals surface area contributed by atoms with Gasteiger partial charge in [-0.2, -0.15) is 0 Å². The van der Waals surface area contributed by atoms with Crippen LogP contribution >= 0.6 is 11.9 Å². The van der Waals surface area contributed by atoms with Gasteiger partial charge in [0.25, 0.3) is 0 Å². The molecule has 23 heavy (non-hydrogen) atoms. The van der Waals surface area contributed by atoms with E-state index in [-0.39, 0.29) is 5.41 Å². The maximum Gasteiger partial charge on any atom is 0.141 e. The van der Waals surface area contributed by atoms with E-state index >= 15 is 0 Å². The van der Waals surface area contributed by atoms with Gasteiger partial charge in [0.2, 0.25) is 0 Å². The number of nitrogens with two attached hydrogens (primary N) is 1. The summed E-state index contributed by atoms with van der Waals surface area (Å²) in [6.45, 7) is 4.59. The smallest absolute Gasteiger partial charge is 0.141 e. The normalized spacial score (nSPS) is 26.6. The zero-order valence-corrected chi connectivity index (χ0v) is 14.5. The van der Waals surface area contributed by atoms with Gasteiger partial charge in [0.15, 0.2) is 0 Å². The molecule has 2 heterocycles. The Morgan fingerprint density at radius 1 is 1.22 bits per heavy atom. The molecular weight excluding hydrogens is 306 g/mol. The average molecular weight is 329 g/mol. The molecule has 2 aliphatic carbocycles. The minimum atomic E-state index is 0.186. The summed E-state index contributed by atoms with van der Waals surface area (Å²) in [5, 5.41) is 10.8. The summed E-state index contributed by atoms with van der Waals surface area (Å²) in [7, 11) is 0. The van der Waals surface area contributed by atoms with E-state index in [4.69, 9.17) is 9.66 Å². The second-order valence-electron chi connectivity index (χ2n) is 7.46. The highest BCUT2D eigenvalue weighted by Crippen LogP contribution is 2.69. The maximum atomic E-state index is 5.74. The van der Waals surface area contributed by atoms with E-state index in [9.17, 15) is 0 Å². The van der Waals surface area contributed by atoms with E-state index < -0.39 is 0 Å². The van der Waals surface area contributed by atoms with Crippen LogP contribution in [0.15, 0.2) is 33.9 Å². The van der Waals surface area contributed by atoms with E-state index in [0.29, 0.717) is 17.8 Å². The van der Waals surface area contributed by atoms with Gasteiger partial charge in [-0.25, -0.2) is 4.98 Å². The largest absolute Gasteiger partial charge is 0.361 e. The van der Waals surface area contributed by atoms with Crippen LogP contribution in [0.3, 0.4) is 0 Å². The highest BCUT2D eigenvalue weighted by molar-refractivity contribution is 7.97. The fourth-order valence-corrected chi connectivity index (χ4v) is 4.56. The molecule has 0 amide bonds. The maximum absolute atomic E-state index is 5.74. The van der Waals surface area contributed by atoms with Gasteiger partial charge in [-0.05, 0) is 41.8 Å². The summed E-state index contributed by atoms with van der Waals surface area (Å²) in [5.41, 5.74) is 2.61. The van der Waals surface area contributed by atoms with Crippen LogP contribution in [0.1, 0.15) is 74.3 Å². The quantitative estimate of drug-likeness (QED) is 0.830. The lowest BCUT2D eigenvalue weighted by Crippen LogP contribution is -1.92. The molecule has 122 valence electrons. The first kappa shape index (κ1) is 15.2. The molecule has 0 radical (unpaired) electrons. The van der Waals surface area contributed by atoms with Crippen LogP contribution < -0.4 is 5.14 Å². The molecule has 0 aromatic carbocycles. The third-order valence-corrected chi connectivity index (χ3v) is 6.18. The Bertz CT molecular complexity index is 689. The summed E-state index contributed by atoms with van der Waals surface area (Å²) in [6, 6.07) is 6.35. The molecule has 2 fully saturated rings. The van der Waals surface area contributed by atoms with E-state index in [2.05, 4.69) is 36.1 Å². The number of aromatic nitrogens is 2. The van der Waals surface area contributed by atoms with Crippen LogP contribution in [-0.4, -0.2) is 10.1 Å². The van der Waals surface area contributed by atoms with Crippen LogP contribution in [0.25, 0.3) is 0 Å². The van der Waals surface area contributed by atoms with Crippen LogP contribution in [-0.2, 0) is 0 Å². The lowest BCUT2D eigenvalue weighted by Gasteiger charge is -2.02. The molecule has 2 saturated carbocycles. The molecular formula is C18H23N3OS. The topological polar surface area (TPSA) is 64.9 Å². The van der Waals surface area contributed by atoms with Crippen LogP contribution in [0.2, 0.25) is 0 Å². The Labute approximate surface area is 141 Å². The van der Waals surface area contributed by atoms with Crippen molar-refractivity contribution in [3.8, 4) is 0 Å². The second-order valence-corrected chi connectivity index (χ2v) is 8.11. The van der Waals surface area contributed by atoms with Crippen molar-refractivity contribution in [2.75, 3.05) is 0 Å². The van der Waals surface area contributed by atoms with Crippen molar-refractivity contribution >= 4 is 11.9 Å². The summed E-state index contributed by atoms with van der Waals surface area (Å²) in [6.07, 6.45) is 7.11. The fraction of sp³-hybridized carbons (Fsp3) is 0.556. The standard InChI is InChI=1S/C18H23N3OS/c1-18(2)16(12-7-8-15(23-19)20-10-12)17(18)14-9-13(21-22-14)11-5-3-4-6-11/h7-11,16-17H,3-6,19H2,1-2H3. The van der Waals surface area contributed by atoms with Crippen LogP contribution in [0.5, 0.6) is 0 Å². The molecule has 4 nitrogen and oxygen atoms in total. The van der Waals surface area contributed by atoms with Gasteiger partial charge in [-0.3, -0.25) is 5.14 Å². The van der Waals surface area contributed by atoms with Crippen molar-refractivity contribution in [2.45, 2.75) is 62.3 Å². The van der Waals surface area contributed by atoms with Crippen molar-refractivity contribution in [1.29, 1.82) is 0 Å². The minimum absolute atomic E-state index is 0.186. The molecule has 2 atom stereocenters. The molecule has 2 aliphatic rings. The predicted molar refractivity (Wildman–Crippen MR) is 91.3 cm³/mol. The Morgan fingerprint density at radius 3 is 2.65 bits per heavy atom. The van der Waals surface area contributed by atoms with Crippen molar-refractivity contribution in [2.24, 2.45) is 10.6 Å². The predicted octanol–water partition coefficient (Wildman–Crippen LogP) is 4.60. The molecule has 2 unspecified atom stereocenters. The minimum Gasteiger partial charge on any atom is -0.361 e.